The van der Waals surface area contributed by atoms with Gasteiger partial charge in [-0.25, -0.2) is 4.98 Å². The van der Waals surface area contributed by atoms with Gasteiger partial charge in [-0.3, -0.25) is 4.79 Å². The van der Waals surface area contributed by atoms with Gasteiger partial charge < -0.3 is 16.0 Å². The van der Waals surface area contributed by atoms with Crippen molar-refractivity contribution in [2.75, 3.05) is 23.0 Å². The molecule has 1 aliphatic heterocycles. The minimum atomic E-state index is -0.520. The zero-order chi connectivity index (χ0) is 20.0. The summed E-state index contributed by atoms with van der Waals surface area (Å²) >= 11 is 1.61. The summed E-state index contributed by atoms with van der Waals surface area (Å²) in [5.41, 5.74) is 10.1. The van der Waals surface area contributed by atoms with E-state index in [-0.39, 0.29) is 5.69 Å². The molecule has 1 aromatic heterocycles. The van der Waals surface area contributed by atoms with E-state index in [1.807, 2.05) is 12.3 Å². The topological polar surface area (TPSA) is 71.2 Å². The van der Waals surface area contributed by atoms with Crippen LogP contribution in [0.2, 0.25) is 0 Å². The van der Waals surface area contributed by atoms with Gasteiger partial charge in [-0.1, -0.05) is 12.5 Å². The van der Waals surface area contributed by atoms with Gasteiger partial charge in [-0.05, 0) is 70.4 Å². The van der Waals surface area contributed by atoms with Crippen LogP contribution in [-0.4, -0.2) is 29.7 Å². The Morgan fingerprint density at radius 3 is 2.78 bits per heavy atom. The van der Waals surface area contributed by atoms with E-state index in [0.717, 1.165) is 23.7 Å². The summed E-state index contributed by atoms with van der Waals surface area (Å²) in [6.07, 6.45) is 10.5. The molecule has 2 rings (SSSR count). The third-order valence-corrected chi connectivity index (χ3v) is 5.93. The molecular formula is C21H32N4OS. The fourth-order valence-corrected chi connectivity index (χ4v) is 3.77. The molecule has 0 saturated carbocycles. The number of carbonyl (C=O) groups is 1. The summed E-state index contributed by atoms with van der Waals surface area (Å²) < 4.78 is 0. The first-order chi connectivity index (χ1) is 12.9. The number of anilines is 2. The quantitative estimate of drug-likeness (QED) is 0.649. The smallest absolute Gasteiger partial charge is 0.269 e. The minimum absolute atomic E-state index is 0.275. The molecule has 0 spiro atoms. The molecule has 0 aliphatic carbocycles. The first-order valence-electron chi connectivity index (χ1n) is 9.62. The van der Waals surface area contributed by atoms with Crippen LogP contribution in [0.1, 0.15) is 63.9 Å². The molecule has 1 amide bonds. The molecule has 148 valence electrons. The first kappa shape index (κ1) is 21.4. The maximum atomic E-state index is 11.9. The van der Waals surface area contributed by atoms with Crippen molar-refractivity contribution in [3.63, 3.8) is 0 Å². The van der Waals surface area contributed by atoms with E-state index in [9.17, 15) is 4.79 Å². The summed E-state index contributed by atoms with van der Waals surface area (Å²) in [6, 6.07) is 2.48. The molecule has 0 bridgehead atoms. The Bertz CT molecular complexity index is 742. The molecule has 0 radical (unpaired) electrons. The number of aromatic nitrogens is 1. The van der Waals surface area contributed by atoms with Crippen LogP contribution in [0.3, 0.4) is 0 Å². The molecular weight excluding hydrogens is 356 g/mol. The second-order valence-electron chi connectivity index (χ2n) is 7.15. The first-order valence-corrected chi connectivity index (χ1v) is 10.8. The normalized spacial score (nSPS) is 18.9. The van der Waals surface area contributed by atoms with E-state index < -0.39 is 5.91 Å². The second kappa shape index (κ2) is 9.83. The van der Waals surface area contributed by atoms with E-state index in [1.165, 1.54) is 30.4 Å². The van der Waals surface area contributed by atoms with E-state index in [4.69, 9.17) is 5.73 Å². The van der Waals surface area contributed by atoms with Crippen molar-refractivity contribution in [1.82, 2.24) is 4.98 Å². The number of pyridine rings is 1. The number of primary amides is 1. The molecule has 5 nitrogen and oxygen atoms in total. The zero-order valence-electron chi connectivity index (χ0n) is 17.1. The van der Waals surface area contributed by atoms with E-state index in [0.29, 0.717) is 11.7 Å². The Labute approximate surface area is 167 Å². The van der Waals surface area contributed by atoms with Gasteiger partial charge in [0.05, 0.1) is 22.6 Å². The van der Waals surface area contributed by atoms with Crippen molar-refractivity contribution in [2.24, 2.45) is 5.73 Å². The highest BCUT2D eigenvalue weighted by atomic mass is 32.2. The maximum absolute atomic E-state index is 11.9. The van der Waals surface area contributed by atoms with E-state index in [1.54, 1.807) is 18.0 Å². The van der Waals surface area contributed by atoms with Crippen LogP contribution in [0.5, 0.6) is 0 Å². The molecule has 1 aromatic rings. The number of thioether (sulfide) groups is 1. The SMILES string of the molecule is CCC(C)=C(C)/C=C(/Nc1cc(N2CCCCC2C)cnc1C(N)=O)SC. The van der Waals surface area contributed by atoms with Crippen LogP contribution < -0.4 is 16.0 Å². The second-order valence-corrected chi connectivity index (χ2v) is 7.99. The lowest BCUT2D eigenvalue weighted by atomic mass is 10.0. The Kier molecular flexibility index (Phi) is 7.78. The third kappa shape index (κ3) is 5.51. The van der Waals surface area contributed by atoms with E-state index in [2.05, 4.69) is 49.0 Å². The van der Waals surface area contributed by atoms with Gasteiger partial charge in [0.25, 0.3) is 5.91 Å². The minimum Gasteiger partial charge on any atom is -0.368 e. The fourth-order valence-electron chi connectivity index (χ4n) is 3.26. The van der Waals surface area contributed by atoms with Crippen molar-refractivity contribution < 1.29 is 4.79 Å². The van der Waals surface area contributed by atoms with Gasteiger partial charge >= 0.3 is 0 Å². The van der Waals surface area contributed by atoms with Gasteiger partial charge in [-0.2, -0.15) is 0 Å². The Morgan fingerprint density at radius 2 is 2.19 bits per heavy atom. The number of carbonyl (C=O) groups excluding carboxylic acids is 1. The highest BCUT2D eigenvalue weighted by Crippen LogP contribution is 2.29. The Hall–Kier alpha value is -1.95. The highest BCUT2D eigenvalue weighted by molar-refractivity contribution is 8.02. The summed E-state index contributed by atoms with van der Waals surface area (Å²) in [5, 5.41) is 4.35. The summed E-state index contributed by atoms with van der Waals surface area (Å²) in [7, 11) is 0. The number of hydrogen-bond acceptors (Lipinski definition) is 5. The number of rotatable bonds is 7. The van der Waals surface area contributed by atoms with Crippen molar-refractivity contribution in [1.29, 1.82) is 0 Å². The molecule has 1 aliphatic rings. The summed E-state index contributed by atoms with van der Waals surface area (Å²) in [4.78, 5) is 18.6. The van der Waals surface area contributed by atoms with Gasteiger partial charge in [0.1, 0.15) is 0 Å². The number of allylic oxidation sites excluding steroid dienone is 3. The predicted octanol–water partition coefficient (Wildman–Crippen LogP) is 4.92. The molecule has 2 heterocycles. The average Bonchev–Trinajstić information content (AvgIpc) is 2.66. The largest absolute Gasteiger partial charge is 0.368 e. The van der Waals surface area contributed by atoms with Crippen LogP contribution >= 0.6 is 11.8 Å². The number of nitrogens with one attached hydrogen (secondary N) is 1. The number of hydrogen-bond donors (Lipinski definition) is 2. The van der Waals surface area contributed by atoms with Gasteiger partial charge in [0.2, 0.25) is 0 Å². The Morgan fingerprint density at radius 1 is 1.44 bits per heavy atom. The van der Waals surface area contributed by atoms with Crippen LogP contribution in [0.4, 0.5) is 11.4 Å². The molecule has 27 heavy (non-hydrogen) atoms. The molecule has 1 saturated heterocycles. The zero-order valence-corrected chi connectivity index (χ0v) is 17.9. The van der Waals surface area contributed by atoms with E-state index >= 15 is 0 Å². The van der Waals surface area contributed by atoms with Gasteiger partial charge in [-0.15, -0.1) is 11.8 Å². The molecule has 1 fully saturated rings. The van der Waals surface area contributed by atoms with Gasteiger partial charge in [0, 0.05) is 12.6 Å². The molecule has 0 aromatic carbocycles. The van der Waals surface area contributed by atoms with Gasteiger partial charge in [0.15, 0.2) is 5.69 Å². The van der Waals surface area contributed by atoms with Crippen LogP contribution in [0.15, 0.2) is 34.5 Å². The number of nitrogens with two attached hydrogens (primary N) is 1. The standard InChI is InChI=1S/C21H32N4OS/c1-6-14(2)15(3)11-19(27-5)24-18-12-17(13-23-20(18)21(22)26)25-10-8-7-9-16(25)4/h11-13,16,24H,6-10H2,1-5H3,(H2,22,26)/b15-14?,19-11-. The van der Waals surface area contributed by atoms with Crippen molar-refractivity contribution in [3.05, 3.63) is 40.2 Å². The predicted molar refractivity (Wildman–Crippen MR) is 117 cm³/mol. The number of nitrogens with zero attached hydrogens (tertiary/aromatic N) is 2. The fraction of sp³-hybridized carbons (Fsp3) is 0.524. The lowest BCUT2D eigenvalue weighted by Crippen LogP contribution is -2.37. The van der Waals surface area contributed by atoms with Crippen LogP contribution in [-0.2, 0) is 0 Å². The van der Waals surface area contributed by atoms with Crippen molar-refractivity contribution in [2.45, 2.75) is 59.4 Å². The number of amides is 1. The lowest BCUT2D eigenvalue weighted by molar-refractivity contribution is 0.0996. The van der Waals surface area contributed by atoms with Crippen molar-refractivity contribution in [3.8, 4) is 0 Å². The summed E-state index contributed by atoms with van der Waals surface area (Å²) in [5.74, 6) is -0.520. The molecule has 6 heteroatoms. The lowest BCUT2D eigenvalue weighted by Gasteiger charge is -2.35. The molecule has 1 unspecified atom stereocenters. The third-order valence-electron chi connectivity index (χ3n) is 5.27. The number of piperidine rings is 1. The molecule has 1 atom stereocenters. The van der Waals surface area contributed by atoms with Crippen LogP contribution in [0.25, 0.3) is 0 Å². The Balaban J connectivity index is 2.39. The monoisotopic (exact) mass is 388 g/mol. The highest BCUT2D eigenvalue weighted by Gasteiger charge is 2.21. The van der Waals surface area contributed by atoms with Crippen molar-refractivity contribution >= 4 is 29.0 Å². The summed E-state index contributed by atoms with van der Waals surface area (Å²) in [6.45, 7) is 9.65. The molecule has 3 N–H and O–H groups in total. The van der Waals surface area contributed by atoms with Crippen LogP contribution in [0, 0.1) is 0 Å². The average molecular weight is 389 g/mol. The maximum Gasteiger partial charge on any atom is 0.269 e.